The molecule has 0 spiro atoms. The number of hydrogen-bond donors (Lipinski definition) is 0. The van der Waals surface area contributed by atoms with Gasteiger partial charge in [0.05, 0.1) is 12.1 Å². The summed E-state index contributed by atoms with van der Waals surface area (Å²) in [7, 11) is 0. The molecule has 0 radical (unpaired) electrons. The number of carbonyl (C=O) groups is 1. The molecule has 0 aliphatic rings. The molecule has 0 saturated heterocycles. The van der Waals surface area contributed by atoms with E-state index in [1.807, 2.05) is 0 Å². The average Bonchev–Trinajstić information content (AvgIpc) is 3.07. The third-order valence-corrected chi connectivity index (χ3v) is 3.41. The Morgan fingerprint density at radius 3 is 2.62 bits per heavy atom. The van der Waals surface area contributed by atoms with Crippen molar-refractivity contribution < 1.29 is 13.6 Å². The molecule has 3 rings (SSSR count). The van der Waals surface area contributed by atoms with Crippen molar-refractivity contribution in [1.82, 2.24) is 9.78 Å². The van der Waals surface area contributed by atoms with E-state index in [1.54, 1.807) is 35.1 Å². The van der Waals surface area contributed by atoms with Crippen LogP contribution in [0.2, 0.25) is 0 Å². The van der Waals surface area contributed by atoms with Crippen LogP contribution in [0.1, 0.15) is 15.9 Å². The van der Waals surface area contributed by atoms with Crippen molar-refractivity contribution in [2.45, 2.75) is 6.54 Å². The molecular weight excluding hydrogens is 339 g/mol. The first-order valence-electron chi connectivity index (χ1n) is 6.18. The minimum atomic E-state index is -0.283. The summed E-state index contributed by atoms with van der Waals surface area (Å²) in [4.78, 5) is 11.2. The first-order valence-corrected chi connectivity index (χ1v) is 6.98. The zero-order valence-corrected chi connectivity index (χ0v) is 12.4. The van der Waals surface area contributed by atoms with Crippen LogP contribution in [0.4, 0.5) is 4.39 Å². The first kappa shape index (κ1) is 13.8. The predicted octanol–water partition coefficient (Wildman–Crippen LogP) is 3.91. The summed E-state index contributed by atoms with van der Waals surface area (Å²) in [6.07, 6.45) is 2.38. The van der Waals surface area contributed by atoms with Gasteiger partial charge in [-0.2, -0.15) is 5.10 Å². The molecule has 2 aromatic heterocycles. The van der Waals surface area contributed by atoms with Crippen LogP contribution in [0.3, 0.4) is 0 Å². The molecule has 2 heterocycles. The third kappa shape index (κ3) is 2.95. The summed E-state index contributed by atoms with van der Waals surface area (Å²) >= 11 is 3.22. The highest BCUT2D eigenvalue weighted by atomic mass is 79.9. The van der Waals surface area contributed by atoms with Crippen LogP contribution in [0.5, 0.6) is 0 Å². The van der Waals surface area contributed by atoms with E-state index in [0.29, 0.717) is 28.2 Å². The first-order chi connectivity index (χ1) is 10.2. The van der Waals surface area contributed by atoms with Gasteiger partial charge >= 0.3 is 0 Å². The molecular formula is C15H10BrFN2O2. The van der Waals surface area contributed by atoms with E-state index in [2.05, 4.69) is 21.0 Å². The second kappa shape index (κ2) is 5.65. The van der Waals surface area contributed by atoms with Gasteiger partial charge in [-0.25, -0.2) is 4.39 Å². The van der Waals surface area contributed by atoms with E-state index >= 15 is 0 Å². The summed E-state index contributed by atoms with van der Waals surface area (Å²) in [5, 5.41) is 4.36. The van der Waals surface area contributed by atoms with E-state index in [-0.39, 0.29) is 5.82 Å². The summed E-state index contributed by atoms with van der Waals surface area (Å²) < 4.78 is 20.5. The zero-order chi connectivity index (χ0) is 14.8. The topological polar surface area (TPSA) is 48.0 Å². The van der Waals surface area contributed by atoms with Crippen LogP contribution < -0.4 is 0 Å². The Bertz CT molecular complexity index is 777. The molecule has 0 aliphatic heterocycles. The van der Waals surface area contributed by atoms with Crippen LogP contribution in [-0.4, -0.2) is 16.1 Å². The zero-order valence-electron chi connectivity index (χ0n) is 10.8. The Morgan fingerprint density at radius 1 is 1.24 bits per heavy atom. The van der Waals surface area contributed by atoms with Gasteiger partial charge in [0.25, 0.3) is 0 Å². The number of nitrogens with zero attached hydrogens (tertiary/aromatic N) is 2. The molecule has 0 aliphatic carbocycles. The maximum Gasteiger partial charge on any atom is 0.169 e. The molecule has 1 aromatic carbocycles. The van der Waals surface area contributed by atoms with Crippen molar-refractivity contribution in [3.8, 4) is 11.5 Å². The van der Waals surface area contributed by atoms with Gasteiger partial charge in [0, 0.05) is 6.20 Å². The molecule has 0 N–H and O–H groups in total. The fourth-order valence-electron chi connectivity index (χ4n) is 2.01. The van der Waals surface area contributed by atoms with Crippen molar-refractivity contribution in [1.29, 1.82) is 0 Å². The number of halogens is 2. The largest absolute Gasteiger partial charge is 0.448 e. The van der Waals surface area contributed by atoms with Crippen LogP contribution in [0.15, 0.2) is 51.7 Å². The summed E-state index contributed by atoms with van der Waals surface area (Å²) in [6, 6.07) is 9.63. The second-order valence-corrected chi connectivity index (χ2v) is 5.26. The second-order valence-electron chi connectivity index (χ2n) is 4.48. The lowest BCUT2D eigenvalue weighted by atomic mass is 10.2. The molecule has 6 heteroatoms. The van der Waals surface area contributed by atoms with E-state index in [0.717, 1.165) is 11.8 Å². The molecule has 0 atom stereocenters. The maximum atomic E-state index is 12.9. The Hall–Kier alpha value is -2.21. The highest BCUT2D eigenvalue weighted by Crippen LogP contribution is 2.26. The Morgan fingerprint density at radius 2 is 2.00 bits per heavy atom. The van der Waals surface area contributed by atoms with Gasteiger partial charge in [-0.05, 0) is 45.8 Å². The van der Waals surface area contributed by atoms with E-state index in [4.69, 9.17) is 4.42 Å². The van der Waals surface area contributed by atoms with Gasteiger partial charge < -0.3 is 4.42 Å². The fourth-order valence-corrected chi connectivity index (χ4v) is 2.32. The average molecular weight is 349 g/mol. The molecule has 0 fully saturated rings. The monoisotopic (exact) mass is 348 g/mol. The Labute approximate surface area is 128 Å². The number of aromatic nitrogens is 2. The number of furan rings is 1. The van der Waals surface area contributed by atoms with Crippen LogP contribution in [-0.2, 0) is 6.54 Å². The quantitative estimate of drug-likeness (QED) is 0.671. The lowest BCUT2D eigenvalue weighted by molar-refractivity contribution is 0.112. The molecule has 4 nitrogen and oxygen atoms in total. The maximum absolute atomic E-state index is 12.9. The normalized spacial score (nSPS) is 10.8. The van der Waals surface area contributed by atoms with Gasteiger partial charge in [-0.15, -0.1) is 0 Å². The fraction of sp³-hybridized carbons (Fsp3) is 0.0667. The number of benzene rings is 1. The Balaban J connectivity index is 1.92. The summed E-state index contributed by atoms with van der Waals surface area (Å²) in [6.45, 7) is 0.447. The van der Waals surface area contributed by atoms with Crippen LogP contribution in [0.25, 0.3) is 11.5 Å². The van der Waals surface area contributed by atoms with Crippen molar-refractivity contribution in [2.24, 2.45) is 0 Å². The smallest absolute Gasteiger partial charge is 0.169 e. The predicted molar refractivity (Wildman–Crippen MR) is 78.5 cm³/mol. The third-order valence-electron chi connectivity index (χ3n) is 2.98. The number of carbonyl (C=O) groups excluding carboxylic acids is 1. The van der Waals surface area contributed by atoms with Gasteiger partial charge in [-0.3, -0.25) is 9.48 Å². The molecule has 0 unspecified atom stereocenters. The molecule has 0 saturated carbocycles. The molecule has 106 valence electrons. The van der Waals surface area contributed by atoms with Crippen LogP contribution in [0, 0.1) is 5.82 Å². The van der Waals surface area contributed by atoms with Gasteiger partial charge in [0.15, 0.2) is 16.7 Å². The summed E-state index contributed by atoms with van der Waals surface area (Å²) in [5.74, 6) is 0.232. The van der Waals surface area contributed by atoms with E-state index in [1.165, 1.54) is 12.1 Å². The van der Waals surface area contributed by atoms with Crippen molar-refractivity contribution in [2.75, 3.05) is 0 Å². The Kier molecular flexibility index (Phi) is 3.70. The minimum Gasteiger partial charge on any atom is -0.448 e. The van der Waals surface area contributed by atoms with Crippen molar-refractivity contribution in [3.05, 3.63) is 64.2 Å². The van der Waals surface area contributed by atoms with E-state index in [9.17, 15) is 9.18 Å². The SMILES string of the molecule is O=Cc1cn(Cc2ccc(F)cc2)nc1-c1ccc(Br)o1. The van der Waals surface area contributed by atoms with Gasteiger partial charge in [0.1, 0.15) is 11.5 Å². The number of aldehydes is 1. The van der Waals surface area contributed by atoms with Crippen LogP contribution >= 0.6 is 15.9 Å². The lowest BCUT2D eigenvalue weighted by Crippen LogP contribution is -2.00. The highest BCUT2D eigenvalue weighted by molar-refractivity contribution is 9.10. The highest BCUT2D eigenvalue weighted by Gasteiger charge is 2.14. The van der Waals surface area contributed by atoms with Gasteiger partial charge in [0.2, 0.25) is 0 Å². The lowest BCUT2D eigenvalue weighted by Gasteiger charge is -2.01. The number of hydrogen-bond acceptors (Lipinski definition) is 3. The standard InChI is InChI=1S/C15H10BrFN2O2/c16-14-6-5-13(21-14)15-11(9-20)8-19(18-15)7-10-1-3-12(17)4-2-10/h1-6,8-9H,7H2. The molecule has 0 bridgehead atoms. The summed E-state index contributed by atoms with van der Waals surface area (Å²) in [5.41, 5.74) is 1.82. The number of rotatable bonds is 4. The minimum absolute atomic E-state index is 0.283. The van der Waals surface area contributed by atoms with Gasteiger partial charge in [-0.1, -0.05) is 12.1 Å². The molecule has 3 aromatic rings. The van der Waals surface area contributed by atoms with Crippen molar-refractivity contribution in [3.63, 3.8) is 0 Å². The molecule has 21 heavy (non-hydrogen) atoms. The van der Waals surface area contributed by atoms with E-state index < -0.39 is 0 Å². The molecule has 0 amide bonds. The van der Waals surface area contributed by atoms with Crippen molar-refractivity contribution >= 4 is 22.2 Å².